The van der Waals surface area contributed by atoms with Gasteiger partial charge < -0.3 is 26.4 Å². The fourth-order valence-corrected chi connectivity index (χ4v) is 3.42. The van der Waals surface area contributed by atoms with Gasteiger partial charge in [-0.05, 0) is 43.9 Å². The first-order valence-electron chi connectivity index (χ1n) is 10.1. The van der Waals surface area contributed by atoms with Gasteiger partial charge in [0.25, 0.3) is 5.91 Å². The molecule has 1 saturated heterocycles. The summed E-state index contributed by atoms with van der Waals surface area (Å²) in [6.45, 7) is 5.77. The van der Waals surface area contributed by atoms with Gasteiger partial charge >= 0.3 is 0 Å². The van der Waals surface area contributed by atoms with Gasteiger partial charge in [0.15, 0.2) is 6.04 Å². The Hall–Kier alpha value is -2.45. The summed E-state index contributed by atoms with van der Waals surface area (Å²) in [5.41, 5.74) is 4.53. The van der Waals surface area contributed by atoms with Gasteiger partial charge in [-0.25, -0.2) is 0 Å². The standard InChI is InChI=1S/C21H31N4O4/c1-13(2)18(24-19(27)14(3)22)21(29)25-11-7-10-16(25)20(28)23-17(26)12-15-8-5-4-6-9-15/h4-6,8-9,13-14,16-18H,7,10-12,22H2,1-3H3,(H,23,28)(H,24,27)/q-1/p+1/t14-,16?,17+,18-/m0/s1. The molecule has 0 spiro atoms. The molecule has 0 aliphatic carbocycles. The number of likely N-dealkylation sites (tertiary alicyclic amines) is 1. The van der Waals surface area contributed by atoms with Crippen molar-refractivity contribution in [1.82, 2.24) is 15.5 Å². The zero-order valence-corrected chi connectivity index (χ0v) is 17.4. The molecule has 1 heterocycles. The Kier molecular flexibility index (Phi) is 8.16. The van der Waals surface area contributed by atoms with Crippen molar-refractivity contribution in [2.24, 2.45) is 5.92 Å². The quantitative estimate of drug-likeness (QED) is 0.470. The van der Waals surface area contributed by atoms with Crippen LogP contribution in [0.1, 0.15) is 39.2 Å². The molecule has 1 aliphatic heterocycles. The van der Waals surface area contributed by atoms with Crippen LogP contribution in [-0.4, -0.2) is 53.5 Å². The number of rotatable bonds is 8. The first kappa shape index (κ1) is 22.8. The summed E-state index contributed by atoms with van der Waals surface area (Å²) in [4.78, 5) is 39.3. The lowest BCUT2D eigenvalue weighted by molar-refractivity contribution is -0.425. The molecule has 1 unspecified atom stereocenters. The summed E-state index contributed by atoms with van der Waals surface area (Å²) in [7, 11) is 0. The predicted octanol–water partition coefficient (Wildman–Crippen LogP) is -1.21. The Labute approximate surface area is 171 Å². The minimum absolute atomic E-state index is 0.139. The van der Waals surface area contributed by atoms with E-state index in [1.807, 2.05) is 44.2 Å². The highest BCUT2D eigenvalue weighted by Gasteiger charge is 2.39. The van der Waals surface area contributed by atoms with E-state index in [0.29, 0.717) is 19.4 Å². The Morgan fingerprint density at radius 1 is 1.17 bits per heavy atom. The largest absolute Gasteiger partial charge is 0.836 e. The Balaban J connectivity index is 2.02. The van der Waals surface area contributed by atoms with E-state index in [1.165, 1.54) is 4.90 Å². The molecule has 160 valence electrons. The van der Waals surface area contributed by atoms with Gasteiger partial charge in [0.1, 0.15) is 12.1 Å². The molecule has 29 heavy (non-hydrogen) atoms. The third kappa shape index (κ3) is 6.27. The average Bonchev–Trinajstić information content (AvgIpc) is 3.15. The van der Waals surface area contributed by atoms with Gasteiger partial charge in [-0.2, -0.15) is 0 Å². The van der Waals surface area contributed by atoms with Crippen molar-refractivity contribution in [2.75, 3.05) is 6.54 Å². The average molecular weight is 405 g/mol. The molecular formula is C21H32N4O4. The molecule has 0 aromatic heterocycles. The lowest BCUT2D eigenvalue weighted by Crippen LogP contribution is -2.68. The van der Waals surface area contributed by atoms with Crippen molar-refractivity contribution in [1.29, 1.82) is 0 Å². The van der Waals surface area contributed by atoms with Gasteiger partial charge in [0, 0.05) is 6.54 Å². The van der Waals surface area contributed by atoms with Gasteiger partial charge in [-0.3, -0.25) is 14.4 Å². The second-order valence-corrected chi connectivity index (χ2v) is 8.01. The number of nitrogens with zero attached hydrogens (tertiary/aromatic N) is 1. The lowest BCUT2D eigenvalue weighted by atomic mass is 10.0. The number of amides is 3. The molecule has 8 heteroatoms. The second kappa shape index (κ2) is 10.4. The normalized spacial score (nSPS) is 19.5. The molecule has 1 aromatic rings. The smallest absolute Gasteiger partial charge is 0.278 e. The van der Waals surface area contributed by atoms with Gasteiger partial charge in [0.2, 0.25) is 11.8 Å². The summed E-state index contributed by atoms with van der Waals surface area (Å²) in [6.07, 6.45) is 0.0748. The van der Waals surface area contributed by atoms with Crippen LogP contribution in [0.4, 0.5) is 0 Å². The van der Waals surface area contributed by atoms with Crippen molar-refractivity contribution >= 4 is 17.7 Å². The summed E-state index contributed by atoms with van der Waals surface area (Å²) in [6, 6.07) is 7.31. The molecule has 5 N–H and O–H groups in total. The maximum absolute atomic E-state index is 13.1. The van der Waals surface area contributed by atoms with Crippen molar-refractivity contribution in [2.45, 2.75) is 64.4 Å². The Morgan fingerprint density at radius 2 is 1.83 bits per heavy atom. The van der Waals surface area contributed by atoms with Crippen LogP contribution in [0.15, 0.2) is 30.3 Å². The van der Waals surface area contributed by atoms with Crippen LogP contribution < -0.4 is 21.5 Å². The fourth-order valence-electron chi connectivity index (χ4n) is 3.42. The van der Waals surface area contributed by atoms with E-state index in [4.69, 9.17) is 0 Å². The molecule has 1 fully saturated rings. The Morgan fingerprint density at radius 3 is 2.41 bits per heavy atom. The minimum atomic E-state index is -1.28. The van der Waals surface area contributed by atoms with E-state index in [9.17, 15) is 19.5 Å². The van der Waals surface area contributed by atoms with E-state index in [2.05, 4.69) is 16.4 Å². The fraction of sp³-hybridized carbons (Fsp3) is 0.571. The molecule has 4 atom stereocenters. The maximum Gasteiger partial charge on any atom is 0.278 e. The van der Waals surface area contributed by atoms with Crippen LogP contribution in [0.2, 0.25) is 0 Å². The third-order valence-corrected chi connectivity index (χ3v) is 5.08. The summed E-state index contributed by atoms with van der Waals surface area (Å²) in [5.74, 6) is -1.18. The van der Waals surface area contributed by atoms with Crippen molar-refractivity contribution < 1.29 is 25.2 Å². The first-order valence-corrected chi connectivity index (χ1v) is 10.1. The van der Waals surface area contributed by atoms with Crippen molar-refractivity contribution in [3.05, 3.63) is 35.9 Å². The predicted molar refractivity (Wildman–Crippen MR) is 106 cm³/mol. The van der Waals surface area contributed by atoms with Gasteiger partial charge in [0.05, 0.1) is 0 Å². The molecular weight excluding hydrogens is 372 g/mol. The molecule has 1 aliphatic rings. The van der Waals surface area contributed by atoms with Gasteiger partial charge in [-0.1, -0.05) is 44.2 Å². The zero-order chi connectivity index (χ0) is 21.6. The molecule has 0 saturated carbocycles. The number of benzene rings is 1. The summed E-state index contributed by atoms with van der Waals surface area (Å²) in [5, 5.41) is 17.5. The molecule has 3 amide bonds. The number of hydrogen-bond donors (Lipinski definition) is 3. The van der Waals surface area contributed by atoms with Crippen LogP contribution in [0.5, 0.6) is 0 Å². The van der Waals surface area contributed by atoms with E-state index in [-0.39, 0.29) is 24.2 Å². The van der Waals surface area contributed by atoms with Crippen molar-refractivity contribution in [3.63, 3.8) is 0 Å². The highest BCUT2D eigenvalue weighted by atomic mass is 16.3. The molecule has 1 aromatic carbocycles. The number of carbonyl (C=O) groups is 3. The third-order valence-electron chi connectivity index (χ3n) is 5.08. The lowest BCUT2D eigenvalue weighted by Gasteiger charge is -2.32. The van der Waals surface area contributed by atoms with Crippen LogP contribution in [0, 0.1) is 5.92 Å². The SMILES string of the molecule is CC(C)[C@H](NC(=O)[C@H](C)[NH3+])C(=O)N1CCCC1C(=O)N[C@H]([O-])Cc1ccccc1. The van der Waals surface area contributed by atoms with Gasteiger partial charge in [-0.15, -0.1) is 0 Å². The summed E-state index contributed by atoms with van der Waals surface area (Å²) >= 11 is 0. The number of carbonyl (C=O) groups excluding carboxylic acids is 3. The van der Waals surface area contributed by atoms with E-state index >= 15 is 0 Å². The topological polar surface area (TPSA) is 129 Å². The molecule has 0 bridgehead atoms. The highest BCUT2D eigenvalue weighted by molar-refractivity contribution is 5.93. The molecule has 0 radical (unpaired) electrons. The monoisotopic (exact) mass is 404 g/mol. The highest BCUT2D eigenvalue weighted by Crippen LogP contribution is 2.20. The van der Waals surface area contributed by atoms with E-state index in [0.717, 1.165) is 5.56 Å². The van der Waals surface area contributed by atoms with E-state index < -0.39 is 30.3 Å². The Bertz CT molecular complexity index is 708. The summed E-state index contributed by atoms with van der Waals surface area (Å²) < 4.78 is 0. The minimum Gasteiger partial charge on any atom is -0.836 e. The van der Waals surface area contributed by atoms with Crippen LogP contribution in [-0.2, 0) is 20.8 Å². The van der Waals surface area contributed by atoms with Crippen LogP contribution in [0.3, 0.4) is 0 Å². The number of nitrogens with one attached hydrogen (secondary N) is 2. The second-order valence-electron chi connectivity index (χ2n) is 8.01. The maximum atomic E-state index is 13.1. The van der Waals surface area contributed by atoms with E-state index in [1.54, 1.807) is 6.92 Å². The van der Waals surface area contributed by atoms with Crippen LogP contribution >= 0.6 is 0 Å². The number of quaternary nitrogens is 1. The number of hydrogen-bond acceptors (Lipinski definition) is 4. The van der Waals surface area contributed by atoms with Crippen molar-refractivity contribution in [3.8, 4) is 0 Å². The molecule has 8 nitrogen and oxygen atoms in total. The van der Waals surface area contributed by atoms with Crippen LogP contribution in [0.25, 0.3) is 0 Å². The molecule has 2 rings (SSSR count). The zero-order valence-electron chi connectivity index (χ0n) is 17.4. The first-order chi connectivity index (χ1) is 13.7.